The highest BCUT2D eigenvalue weighted by atomic mass is 16.5. The van der Waals surface area contributed by atoms with Gasteiger partial charge in [-0.3, -0.25) is 4.79 Å². The Kier molecular flexibility index (Phi) is 5.60. The predicted molar refractivity (Wildman–Crippen MR) is 81.3 cm³/mol. The van der Waals surface area contributed by atoms with Gasteiger partial charge in [0.1, 0.15) is 12.0 Å². The fourth-order valence-electron chi connectivity index (χ4n) is 3.10. The van der Waals surface area contributed by atoms with Crippen LogP contribution in [0.3, 0.4) is 0 Å². The summed E-state index contributed by atoms with van der Waals surface area (Å²) >= 11 is 0. The van der Waals surface area contributed by atoms with E-state index in [0.29, 0.717) is 5.56 Å². The number of carbonyl (C=O) groups excluding carboxylic acids is 1. The highest BCUT2D eigenvalue weighted by molar-refractivity contribution is 5.74. The molecular weight excluding hydrogens is 250 g/mol. The van der Waals surface area contributed by atoms with Crippen molar-refractivity contribution < 1.29 is 9.53 Å². The normalized spacial score (nSPS) is 23.5. The number of likely N-dealkylation sites (tertiary alicyclic amines) is 1. The summed E-state index contributed by atoms with van der Waals surface area (Å²) in [6.45, 7) is 8.97. The summed E-state index contributed by atoms with van der Waals surface area (Å²) < 4.78 is 5.71. The summed E-state index contributed by atoms with van der Waals surface area (Å²) in [5.41, 5.74) is 0.689. The lowest BCUT2D eigenvalue weighted by Crippen LogP contribution is -2.39. The van der Waals surface area contributed by atoms with Crippen molar-refractivity contribution >= 4 is 6.29 Å². The van der Waals surface area contributed by atoms with E-state index in [2.05, 4.69) is 18.7 Å². The van der Waals surface area contributed by atoms with Crippen LogP contribution in [-0.4, -0.2) is 37.4 Å². The van der Waals surface area contributed by atoms with Gasteiger partial charge in [-0.25, -0.2) is 0 Å². The minimum Gasteiger partial charge on any atom is -0.494 e. The zero-order chi connectivity index (χ0) is 14.4. The quantitative estimate of drug-likeness (QED) is 0.589. The molecule has 1 aromatic rings. The lowest BCUT2D eigenvalue weighted by Gasteiger charge is -2.34. The van der Waals surface area contributed by atoms with Gasteiger partial charge in [0.15, 0.2) is 0 Å². The molecule has 0 aliphatic carbocycles. The molecule has 0 aromatic heterocycles. The molecule has 2 unspecified atom stereocenters. The third kappa shape index (κ3) is 4.64. The van der Waals surface area contributed by atoms with Crippen LogP contribution < -0.4 is 4.74 Å². The van der Waals surface area contributed by atoms with Gasteiger partial charge in [0.2, 0.25) is 0 Å². The molecule has 0 N–H and O–H groups in total. The van der Waals surface area contributed by atoms with E-state index in [1.54, 1.807) is 12.1 Å². The highest BCUT2D eigenvalue weighted by Crippen LogP contribution is 2.20. The summed E-state index contributed by atoms with van der Waals surface area (Å²) in [4.78, 5) is 13.1. The average molecular weight is 275 g/mol. The molecule has 1 aromatic carbocycles. The van der Waals surface area contributed by atoms with Crippen LogP contribution in [0.4, 0.5) is 0 Å². The largest absolute Gasteiger partial charge is 0.494 e. The Hall–Kier alpha value is -1.35. The van der Waals surface area contributed by atoms with Gasteiger partial charge in [0.25, 0.3) is 0 Å². The van der Waals surface area contributed by atoms with E-state index in [0.717, 1.165) is 43.4 Å². The van der Waals surface area contributed by atoms with Crippen molar-refractivity contribution in [1.82, 2.24) is 4.90 Å². The van der Waals surface area contributed by atoms with Gasteiger partial charge in [-0.1, -0.05) is 13.8 Å². The van der Waals surface area contributed by atoms with Crippen molar-refractivity contribution in [3.8, 4) is 5.75 Å². The fraction of sp³-hybridized carbons (Fsp3) is 0.588. The minimum atomic E-state index is 0.689. The van der Waals surface area contributed by atoms with Crippen LogP contribution in [0.1, 0.15) is 37.0 Å². The molecule has 1 fully saturated rings. The maximum absolute atomic E-state index is 10.6. The molecule has 1 aliphatic heterocycles. The lowest BCUT2D eigenvalue weighted by atomic mass is 9.92. The lowest BCUT2D eigenvalue weighted by molar-refractivity contribution is 0.112. The molecule has 2 atom stereocenters. The van der Waals surface area contributed by atoms with E-state index in [4.69, 9.17) is 4.74 Å². The number of nitrogens with zero attached hydrogens (tertiary/aromatic N) is 1. The van der Waals surface area contributed by atoms with E-state index in [-0.39, 0.29) is 0 Å². The number of hydrogen-bond acceptors (Lipinski definition) is 3. The van der Waals surface area contributed by atoms with Crippen LogP contribution in [0.2, 0.25) is 0 Å². The van der Waals surface area contributed by atoms with E-state index in [1.807, 2.05) is 12.1 Å². The summed E-state index contributed by atoms with van der Waals surface area (Å²) in [6, 6.07) is 7.29. The average Bonchev–Trinajstić information content (AvgIpc) is 2.43. The number of rotatable bonds is 6. The van der Waals surface area contributed by atoms with Crippen molar-refractivity contribution in [2.45, 2.75) is 26.7 Å². The minimum absolute atomic E-state index is 0.689. The van der Waals surface area contributed by atoms with E-state index in [1.165, 1.54) is 19.5 Å². The monoisotopic (exact) mass is 275 g/mol. The topological polar surface area (TPSA) is 29.5 Å². The molecule has 0 amide bonds. The smallest absolute Gasteiger partial charge is 0.150 e. The number of hydrogen-bond donors (Lipinski definition) is 0. The van der Waals surface area contributed by atoms with E-state index < -0.39 is 0 Å². The molecule has 0 spiro atoms. The summed E-state index contributed by atoms with van der Waals surface area (Å²) in [7, 11) is 0. The van der Waals surface area contributed by atoms with Crippen molar-refractivity contribution in [3.05, 3.63) is 29.8 Å². The van der Waals surface area contributed by atoms with E-state index >= 15 is 0 Å². The molecule has 0 radical (unpaired) electrons. The SMILES string of the molecule is CC1CC(C)CN(CCCOc2ccc(C=O)cc2)C1. The van der Waals surface area contributed by atoms with Crippen LogP contribution in [0.15, 0.2) is 24.3 Å². The van der Waals surface area contributed by atoms with Crippen LogP contribution >= 0.6 is 0 Å². The van der Waals surface area contributed by atoms with Gasteiger partial charge >= 0.3 is 0 Å². The number of aldehydes is 1. The Balaban J connectivity index is 1.66. The van der Waals surface area contributed by atoms with Crippen LogP contribution in [0, 0.1) is 11.8 Å². The van der Waals surface area contributed by atoms with Crippen molar-refractivity contribution in [3.63, 3.8) is 0 Å². The van der Waals surface area contributed by atoms with Gasteiger partial charge < -0.3 is 9.64 Å². The van der Waals surface area contributed by atoms with Gasteiger partial charge in [-0.2, -0.15) is 0 Å². The maximum atomic E-state index is 10.6. The maximum Gasteiger partial charge on any atom is 0.150 e. The standard InChI is InChI=1S/C17H25NO2/c1-14-10-15(2)12-18(11-14)8-3-9-20-17-6-4-16(13-19)5-7-17/h4-7,13-15H,3,8-12H2,1-2H3. The Labute approximate surface area is 121 Å². The third-order valence-corrected chi connectivity index (χ3v) is 3.85. The second-order valence-corrected chi connectivity index (χ2v) is 6.09. The molecule has 1 saturated heterocycles. The van der Waals surface area contributed by atoms with E-state index in [9.17, 15) is 4.79 Å². The van der Waals surface area contributed by atoms with Crippen molar-refractivity contribution in [2.75, 3.05) is 26.2 Å². The number of benzene rings is 1. The van der Waals surface area contributed by atoms with Gasteiger partial charge in [-0.05, 0) is 48.9 Å². The first kappa shape index (κ1) is 15.0. The Morgan fingerprint density at radius 2 is 1.85 bits per heavy atom. The van der Waals surface area contributed by atoms with Crippen LogP contribution in [-0.2, 0) is 0 Å². The molecule has 3 nitrogen and oxygen atoms in total. The molecule has 110 valence electrons. The summed E-state index contributed by atoms with van der Waals surface area (Å²) in [6.07, 6.45) is 3.26. The van der Waals surface area contributed by atoms with Gasteiger partial charge in [0, 0.05) is 25.2 Å². The number of piperidine rings is 1. The molecule has 0 saturated carbocycles. The zero-order valence-corrected chi connectivity index (χ0v) is 12.5. The second kappa shape index (κ2) is 7.44. The third-order valence-electron chi connectivity index (χ3n) is 3.85. The Morgan fingerprint density at radius 1 is 1.20 bits per heavy atom. The highest BCUT2D eigenvalue weighted by Gasteiger charge is 2.20. The molecule has 1 heterocycles. The molecule has 2 rings (SSSR count). The first-order chi connectivity index (χ1) is 9.67. The van der Waals surface area contributed by atoms with Crippen LogP contribution in [0.25, 0.3) is 0 Å². The Morgan fingerprint density at radius 3 is 2.45 bits per heavy atom. The molecule has 20 heavy (non-hydrogen) atoms. The second-order valence-electron chi connectivity index (χ2n) is 6.09. The van der Waals surface area contributed by atoms with Crippen molar-refractivity contribution in [2.24, 2.45) is 11.8 Å². The molecular formula is C17H25NO2. The zero-order valence-electron chi connectivity index (χ0n) is 12.5. The Bertz CT molecular complexity index is 406. The number of ether oxygens (including phenoxy) is 1. The van der Waals surface area contributed by atoms with Crippen molar-refractivity contribution in [1.29, 1.82) is 0 Å². The first-order valence-electron chi connectivity index (χ1n) is 7.57. The van der Waals surface area contributed by atoms with Gasteiger partial charge in [-0.15, -0.1) is 0 Å². The molecule has 0 bridgehead atoms. The summed E-state index contributed by atoms with van der Waals surface area (Å²) in [5.74, 6) is 2.47. The fourth-order valence-corrected chi connectivity index (χ4v) is 3.10. The molecule has 1 aliphatic rings. The van der Waals surface area contributed by atoms with Gasteiger partial charge in [0.05, 0.1) is 6.61 Å². The summed E-state index contributed by atoms with van der Waals surface area (Å²) in [5, 5.41) is 0. The molecule has 3 heteroatoms. The number of carbonyl (C=O) groups is 1. The first-order valence-corrected chi connectivity index (χ1v) is 7.57. The predicted octanol–water partition coefficient (Wildman–Crippen LogP) is 3.25. The van der Waals surface area contributed by atoms with Crippen LogP contribution in [0.5, 0.6) is 5.75 Å².